The van der Waals surface area contributed by atoms with Gasteiger partial charge >= 0.3 is 0 Å². The summed E-state index contributed by atoms with van der Waals surface area (Å²) < 4.78 is 0. The summed E-state index contributed by atoms with van der Waals surface area (Å²) in [5, 5.41) is 11.6. The minimum atomic E-state index is -0.780. The number of rotatable bonds is 5. The fourth-order valence-corrected chi connectivity index (χ4v) is 5.01. The number of benzene rings is 2. The third-order valence-electron chi connectivity index (χ3n) is 5.53. The fourth-order valence-electron chi connectivity index (χ4n) is 3.99. The molecule has 0 aliphatic carbocycles. The van der Waals surface area contributed by atoms with E-state index in [4.69, 9.17) is 0 Å². The summed E-state index contributed by atoms with van der Waals surface area (Å²) in [6, 6.07) is 21.3. The summed E-state index contributed by atoms with van der Waals surface area (Å²) in [6.45, 7) is 1.76. The van der Waals surface area contributed by atoms with Gasteiger partial charge in [-0.1, -0.05) is 48.5 Å². The average molecular weight is 454 g/mol. The first-order chi connectivity index (χ1) is 16.1. The van der Waals surface area contributed by atoms with Crippen molar-refractivity contribution in [1.82, 2.24) is 9.97 Å². The number of aryl methyl sites for hydroxylation is 1. The van der Waals surface area contributed by atoms with E-state index in [-0.39, 0.29) is 5.57 Å². The van der Waals surface area contributed by atoms with E-state index < -0.39 is 23.5 Å². The lowest BCUT2D eigenvalue weighted by Crippen LogP contribution is -2.31. The standard InChI is InChI=1S/C26H19N3O3S/c1-16-24(33-25(28-16)18-8-4-2-5-9-18)22(30)20-21(17-12-14-27-15-13-17)29(26(32)23(20)31)19-10-6-3-7-11-19/h2-15,21,31H,1H3. The number of hydrogen-bond acceptors (Lipinski definition) is 6. The van der Waals surface area contributed by atoms with E-state index in [1.165, 1.54) is 16.2 Å². The maximum absolute atomic E-state index is 13.8. The van der Waals surface area contributed by atoms with Crippen LogP contribution in [0.2, 0.25) is 0 Å². The Hall–Kier alpha value is -4.10. The quantitative estimate of drug-likeness (QED) is 0.415. The monoisotopic (exact) mass is 453 g/mol. The molecule has 162 valence electrons. The number of amides is 1. The van der Waals surface area contributed by atoms with Crippen LogP contribution in [0.15, 0.2) is 96.5 Å². The number of hydrogen-bond donors (Lipinski definition) is 1. The molecular formula is C26H19N3O3S. The zero-order chi connectivity index (χ0) is 22.9. The van der Waals surface area contributed by atoms with Gasteiger partial charge in [-0.2, -0.15) is 0 Å². The molecule has 1 N–H and O–H groups in total. The molecule has 0 fully saturated rings. The molecule has 4 aromatic rings. The number of aliphatic hydroxyl groups is 1. The lowest BCUT2D eigenvalue weighted by Gasteiger charge is -2.26. The molecule has 3 heterocycles. The maximum atomic E-state index is 13.8. The molecule has 0 saturated carbocycles. The van der Waals surface area contributed by atoms with Crippen LogP contribution in [0.4, 0.5) is 5.69 Å². The second-order valence-corrected chi connectivity index (χ2v) is 8.58. The number of carbonyl (C=O) groups excluding carboxylic acids is 2. The molecule has 6 nitrogen and oxygen atoms in total. The summed E-state index contributed by atoms with van der Waals surface area (Å²) in [7, 11) is 0. The van der Waals surface area contributed by atoms with Crippen LogP contribution in [0.3, 0.4) is 0 Å². The predicted molar refractivity (Wildman–Crippen MR) is 127 cm³/mol. The topological polar surface area (TPSA) is 83.4 Å². The van der Waals surface area contributed by atoms with Crippen molar-refractivity contribution in [2.24, 2.45) is 0 Å². The Bertz CT molecular complexity index is 1370. The van der Waals surface area contributed by atoms with Crippen LogP contribution >= 0.6 is 11.3 Å². The van der Waals surface area contributed by atoms with Crippen molar-refractivity contribution in [3.8, 4) is 10.6 Å². The molecule has 1 atom stereocenters. The fraction of sp³-hybridized carbons (Fsp3) is 0.0769. The predicted octanol–water partition coefficient (Wildman–Crippen LogP) is 5.30. The van der Waals surface area contributed by atoms with E-state index in [0.717, 1.165) is 5.56 Å². The number of Topliss-reactive ketones (excluding diaryl/α,β-unsaturated/α-hetero) is 1. The van der Waals surface area contributed by atoms with Crippen LogP contribution in [-0.4, -0.2) is 26.8 Å². The Kier molecular flexibility index (Phi) is 5.32. The van der Waals surface area contributed by atoms with Gasteiger partial charge in [-0.15, -0.1) is 11.3 Å². The van der Waals surface area contributed by atoms with Gasteiger partial charge in [-0.25, -0.2) is 4.98 Å². The molecule has 0 bridgehead atoms. The van der Waals surface area contributed by atoms with Crippen LogP contribution in [0.1, 0.15) is 27.0 Å². The van der Waals surface area contributed by atoms with Crippen LogP contribution in [0.5, 0.6) is 0 Å². The smallest absolute Gasteiger partial charge is 0.294 e. The molecular weight excluding hydrogens is 434 g/mol. The largest absolute Gasteiger partial charge is 0.503 e. The second kappa shape index (κ2) is 8.44. The Morgan fingerprint density at radius 3 is 2.27 bits per heavy atom. The summed E-state index contributed by atoms with van der Waals surface area (Å²) in [4.78, 5) is 37.5. The highest BCUT2D eigenvalue weighted by Crippen LogP contribution is 2.43. The van der Waals surface area contributed by atoms with Crippen molar-refractivity contribution < 1.29 is 14.7 Å². The molecule has 0 spiro atoms. The number of thiazole rings is 1. The van der Waals surface area contributed by atoms with Gasteiger partial charge in [0.05, 0.1) is 22.2 Å². The summed E-state index contributed by atoms with van der Waals surface area (Å²) in [5.74, 6) is -1.56. The van der Waals surface area contributed by atoms with Crippen LogP contribution in [0.25, 0.3) is 10.6 Å². The normalized spacial score (nSPS) is 15.8. The highest BCUT2D eigenvalue weighted by molar-refractivity contribution is 7.17. The molecule has 7 heteroatoms. The van der Waals surface area contributed by atoms with Gasteiger partial charge in [0.15, 0.2) is 5.76 Å². The number of aromatic nitrogens is 2. The molecule has 0 radical (unpaired) electrons. The third-order valence-corrected chi connectivity index (χ3v) is 6.74. The number of anilines is 1. The van der Waals surface area contributed by atoms with Gasteiger partial charge in [-0.05, 0) is 36.8 Å². The number of carbonyl (C=O) groups is 2. The van der Waals surface area contributed by atoms with E-state index in [1.54, 1.807) is 43.6 Å². The van der Waals surface area contributed by atoms with Crippen LogP contribution in [-0.2, 0) is 4.79 Å². The third kappa shape index (κ3) is 3.62. The number of nitrogens with zero attached hydrogens (tertiary/aromatic N) is 3. The Morgan fingerprint density at radius 1 is 0.970 bits per heavy atom. The van der Waals surface area contributed by atoms with Crippen molar-refractivity contribution in [1.29, 1.82) is 0 Å². The summed E-state index contributed by atoms with van der Waals surface area (Å²) >= 11 is 1.26. The van der Waals surface area contributed by atoms with E-state index in [0.29, 0.717) is 26.8 Å². The van der Waals surface area contributed by atoms with Gasteiger partial charge in [0, 0.05) is 23.6 Å². The molecule has 1 aliphatic rings. The lowest BCUT2D eigenvalue weighted by molar-refractivity contribution is -0.117. The summed E-state index contributed by atoms with van der Waals surface area (Å²) in [5.41, 5.74) is 2.77. The Morgan fingerprint density at radius 2 is 1.61 bits per heavy atom. The zero-order valence-electron chi connectivity index (χ0n) is 17.7. The number of ketones is 1. The van der Waals surface area contributed by atoms with Gasteiger partial charge in [0.1, 0.15) is 5.01 Å². The first-order valence-electron chi connectivity index (χ1n) is 10.4. The van der Waals surface area contributed by atoms with Gasteiger partial charge in [0.25, 0.3) is 5.91 Å². The van der Waals surface area contributed by atoms with Crippen molar-refractivity contribution in [3.05, 3.63) is 113 Å². The number of aliphatic hydroxyl groups excluding tert-OH is 1. The minimum absolute atomic E-state index is 0.0430. The molecule has 0 saturated heterocycles. The number of pyridine rings is 1. The lowest BCUT2D eigenvalue weighted by atomic mass is 9.95. The first kappa shape index (κ1) is 20.8. The van der Waals surface area contributed by atoms with Crippen molar-refractivity contribution in [2.75, 3.05) is 4.90 Å². The van der Waals surface area contributed by atoms with Crippen molar-refractivity contribution in [2.45, 2.75) is 13.0 Å². The maximum Gasteiger partial charge on any atom is 0.294 e. The molecule has 1 amide bonds. The van der Waals surface area contributed by atoms with Crippen LogP contribution in [0, 0.1) is 6.92 Å². The number of para-hydroxylation sites is 1. The molecule has 2 aromatic heterocycles. The second-order valence-electron chi connectivity index (χ2n) is 7.58. The highest BCUT2D eigenvalue weighted by Gasteiger charge is 2.45. The molecule has 5 rings (SSSR count). The van der Waals surface area contributed by atoms with Gasteiger partial charge in [-0.3, -0.25) is 19.5 Å². The first-order valence-corrected chi connectivity index (χ1v) is 11.2. The Labute approximate surface area is 194 Å². The van der Waals surface area contributed by atoms with E-state index in [2.05, 4.69) is 9.97 Å². The molecule has 2 aromatic carbocycles. The summed E-state index contributed by atoms with van der Waals surface area (Å²) in [6.07, 6.45) is 3.21. The molecule has 33 heavy (non-hydrogen) atoms. The van der Waals surface area contributed by atoms with E-state index in [1.807, 2.05) is 48.5 Å². The minimum Gasteiger partial charge on any atom is -0.503 e. The van der Waals surface area contributed by atoms with Gasteiger partial charge in [0.2, 0.25) is 5.78 Å². The van der Waals surface area contributed by atoms with E-state index in [9.17, 15) is 14.7 Å². The van der Waals surface area contributed by atoms with Crippen molar-refractivity contribution in [3.63, 3.8) is 0 Å². The zero-order valence-corrected chi connectivity index (χ0v) is 18.5. The average Bonchev–Trinajstić information content (AvgIpc) is 3.38. The van der Waals surface area contributed by atoms with E-state index >= 15 is 0 Å². The SMILES string of the molecule is Cc1nc(-c2ccccc2)sc1C(=O)C1=C(O)C(=O)N(c2ccccc2)C1c1ccncc1. The highest BCUT2D eigenvalue weighted by atomic mass is 32.1. The van der Waals surface area contributed by atoms with Gasteiger partial charge < -0.3 is 5.11 Å². The molecule has 1 unspecified atom stereocenters. The Balaban J connectivity index is 1.62. The van der Waals surface area contributed by atoms with Crippen molar-refractivity contribution >= 4 is 28.7 Å². The van der Waals surface area contributed by atoms with Crippen LogP contribution < -0.4 is 4.90 Å². The molecule has 1 aliphatic heterocycles.